The molecule has 90 valence electrons. The van der Waals surface area contributed by atoms with Crippen molar-refractivity contribution in [1.82, 2.24) is 5.32 Å². The van der Waals surface area contributed by atoms with E-state index in [0.717, 1.165) is 0 Å². The lowest BCUT2D eigenvalue weighted by Crippen LogP contribution is -2.38. The Kier molecular flexibility index (Phi) is 4.19. The molecule has 3 nitrogen and oxygen atoms in total. The number of halogens is 1. The lowest BCUT2D eigenvalue weighted by molar-refractivity contribution is 0.163. The largest absolute Gasteiger partial charge is 0.508 e. The predicted octanol–water partition coefficient (Wildman–Crippen LogP) is 2.47. The number of phenols is 1. The molecular formula is C12H18ClNO2. The van der Waals surface area contributed by atoms with Crippen molar-refractivity contribution < 1.29 is 10.2 Å². The van der Waals surface area contributed by atoms with E-state index in [1.165, 1.54) is 12.1 Å². The first-order chi connectivity index (χ1) is 7.29. The summed E-state index contributed by atoms with van der Waals surface area (Å²) in [5.41, 5.74) is 0.475. The molecule has 0 heterocycles. The van der Waals surface area contributed by atoms with E-state index in [0.29, 0.717) is 17.1 Å². The highest BCUT2D eigenvalue weighted by molar-refractivity contribution is 6.31. The van der Waals surface area contributed by atoms with Crippen LogP contribution in [0.3, 0.4) is 0 Å². The fourth-order valence-corrected chi connectivity index (χ4v) is 1.54. The standard InChI is InChI=1S/C12H18ClNO2/c1-12(2,3)14-7-11(16)9-6-8(15)4-5-10(9)13/h4-6,11,14-16H,7H2,1-3H3. The molecule has 0 spiro atoms. The van der Waals surface area contributed by atoms with Crippen molar-refractivity contribution in [1.29, 1.82) is 0 Å². The van der Waals surface area contributed by atoms with Crippen LogP contribution in [0.1, 0.15) is 32.4 Å². The summed E-state index contributed by atoms with van der Waals surface area (Å²) in [7, 11) is 0. The Morgan fingerprint density at radius 2 is 2.00 bits per heavy atom. The van der Waals surface area contributed by atoms with Gasteiger partial charge in [-0.15, -0.1) is 0 Å². The Bertz CT molecular complexity index is 361. The van der Waals surface area contributed by atoms with Crippen LogP contribution >= 0.6 is 11.6 Å². The number of aliphatic hydroxyl groups is 1. The van der Waals surface area contributed by atoms with Gasteiger partial charge < -0.3 is 15.5 Å². The van der Waals surface area contributed by atoms with Crippen LogP contribution in [0.5, 0.6) is 5.75 Å². The molecule has 0 aliphatic rings. The second-order valence-electron chi connectivity index (χ2n) is 4.85. The van der Waals surface area contributed by atoms with Gasteiger partial charge in [-0.2, -0.15) is 0 Å². The van der Waals surface area contributed by atoms with Gasteiger partial charge in [-0.3, -0.25) is 0 Å². The van der Waals surface area contributed by atoms with E-state index in [-0.39, 0.29) is 11.3 Å². The molecule has 0 saturated carbocycles. The minimum atomic E-state index is -0.723. The molecule has 0 aliphatic carbocycles. The van der Waals surface area contributed by atoms with Crippen molar-refractivity contribution in [2.75, 3.05) is 6.54 Å². The van der Waals surface area contributed by atoms with Gasteiger partial charge in [-0.1, -0.05) is 11.6 Å². The third kappa shape index (κ3) is 4.00. The highest BCUT2D eigenvalue weighted by Gasteiger charge is 2.16. The first-order valence-electron chi connectivity index (χ1n) is 5.21. The fourth-order valence-electron chi connectivity index (χ4n) is 1.30. The van der Waals surface area contributed by atoms with Crippen LogP contribution in [0.2, 0.25) is 5.02 Å². The predicted molar refractivity (Wildman–Crippen MR) is 65.8 cm³/mol. The first kappa shape index (κ1) is 13.3. The zero-order valence-electron chi connectivity index (χ0n) is 9.79. The van der Waals surface area contributed by atoms with E-state index in [9.17, 15) is 10.2 Å². The number of hydrogen-bond donors (Lipinski definition) is 3. The highest BCUT2D eigenvalue weighted by atomic mass is 35.5. The number of β-amino-alcohol motifs (C(OH)–C–C–N with tert-alkyl or cyclic N) is 1. The molecule has 1 rings (SSSR count). The Balaban J connectivity index is 2.73. The number of phenolic OH excluding ortho intramolecular Hbond substituents is 1. The molecule has 0 aromatic heterocycles. The van der Waals surface area contributed by atoms with Gasteiger partial charge in [0.15, 0.2) is 0 Å². The average Bonchev–Trinajstić information content (AvgIpc) is 2.17. The number of rotatable bonds is 3. The number of nitrogens with one attached hydrogen (secondary N) is 1. The minimum Gasteiger partial charge on any atom is -0.508 e. The van der Waals surface area contributed by atoms with Crippen molar-refractivity contribution in [3.05, 3.63) is 28.8 Å². The second kappa shape index (κ2) is 5.04. The van der Waals surface area contributed by atoms with Crippen LogP contribution in [0.4, 0.5) is 0 Å². The maximum atomic E-state index is 9.93. The summed E-state index contributed by atoms with van der Waals surface area (Å²) in [4.78, 5) is 0. The topological polar surface area (TPSA) is 52.5 Å². The maximum Gasteiger partial charge on any atom is 0.116 e. The third-order valence-corrected chi connectivity index (χ3v) is 2.51. The monoisotopic (exact) mass is 243 g/mol. The van der Waals surface area contributed by atoms with Crippen molar-refractivity contribution in [2.24, 2.45) is 0 Å². The molecule has 0 amide bonds. The van der Waals surface area contributed by atoms with Gasteiger partial charge >= 0.3 is 0 Å². The molecule has 1 aromatic carbocycles. The van der Waals surface area contributed by atoms with Crippen LogP contribution < -0.4 is 5.32 Å². The number of aromatic hydroxyl groups is 1. The molecule has 1 atom stereocenters. The third-order valence-electron chi connectivity index (χ3n) is 2.16. The summed E-state index contributed by atoms with van der Waals surface area (Å²) in [6, 6.07) is 4.56. The van der Waals surface area contributed by atoms with Gasteiger partial charge in [0.2, 0.25) is 0 Å². The molecule has 1 aromatic rings. The summed E-state index contributed by atoms with van der Waals surface area (Å²) >= 11 is 5.94. The van der Waals surface area contributed by atoms with Gasteiger partial charge in [0.05, 0.1) is 6.10 Å². The van der Waals surface area contributed by atoms with Gasteiger partial charge in [0.1, 0.15) is 5.75 Å². The lowest BCUT2D eigenvalue weighted by Gasteiger charge is -2.23. The summed E-state index contributed by atoms with van der Waals surface area (Å²) < 4.78 is 0. The Hall–Kier alpha value is -0.770. The van der Waals surface area contributed by atoms with E-state index in [2.05, 4.69) is 5.32 Å². The van der Waals surface area contributed by atoms with E-state index in [4.69, 9.17) is 11.6 Å². The SMILES string of the molecule is CC(C)(C)NCC(O)c1cc(O)ccc1Cl. The molecule has 0 fully saturated rings. The Labute approximate surface area is 101 Å². The average molecular weight is 244 g/mol. The zero-order chi connectivity index (χ0) is 12.3. The summed E-state index contributed by atoms with van der Waals surface area (Å²) in [6.07, 6.45) is -0.723. The van der Waals surface area contributed by atoms with Crippen molar-refractivity contribution in [2.45, 2.75) is 32.4 Å². The Morgan fingerprint density at radius 3 is 2.56 bits per heavy atom. The molecule has 3 N–H and O–H groups in total. The first-order valence-corrected chi connectivity index (χ1v) is 5.59. The quantitative estimate of drug-likeness (QED) is 0.765. The maximum absolute atomic E-state index is 9.93. The van der Waals surface area contributed by atoms with Crippen LogP contribution in [0, 0.1) is 0 Å². The van der Waals surface area contributed by atoms with Crippen LogP contribution in [0.25, 0.3) is 0 Å². The molecular weight excluding hydrogens is 226 g/mol. The van der Waals surface area contributed by atoms with Gasteiger partial charge in [-0.05, 0) is 39.0 Å². The smallest absolute Gasteiger partial charge is 0.116 e. The number of benzene rings is 1. The summed E-state index contributed by atoms with van der Waals surface area (Å²) in [5, 5.41) is 22.9. The highest BCUT2D eigenvalue weighted by Crippen LogP contribution is 2.26. The van der Waals surface area contributed by atoms with E-state index in [1.54, 1.807) is 6.07 Å². The van der Waals surface area contributed by atoms with Crippen LogP contribution in [0.15, 0.2) is 18.2 Å². The van der Waals surface area contributed by atoms with Gasteiger partial charge in [0.25, 0.3) is 0 Å². The Morgan fingerprint density at radius 1 is 1.38 bits per heavy atom. The summed E-state index contributed by atoms with van der Waals surface area (Å²) in [5.74, 6) is 0.106. The molecule has 16 heavy (non-hydrogen) atoms. The molecule has 0 bridgehead atoms. The minimum absolute atomic E-state index is 0.0652. The lowest BCUT2D eigenvalue weighted by atomic mass is 10.1. The molecule has 4 heteroatoms. The van der Waals surface area contributed by atoms with Crippen LogP contribution in [-0.2, 0) is 0 Å². The van der Waals surface area contributed by atoms with Crippen LogP contribution in [-0.4, -0.2) is 22.3 Å². The van der Waals surface area contributed by atoms with E-state index in [1.807, 2.05) is 20.8 Å². The number of aliphatic hydroxyl groups excluding tert-OH is 1. The number of hydrogen-bond acceptors (Lipinski definition) is 3. The van der Waals surface area contributed by atoms with E-state index >= 15 is 0 Å². The molecule has 0 saturated heterocycles. The van der Waals surface area contributed by atoms with Crippen molar-refractivity contribution in [3.8, 4) is 5.75 Å². The fraction of sp³-hybridized carbons (Fsp3) is 0.500. The molecule has 1 unspecified atom stereocenters. The summed E-state index contributed by atoms with van der Waals surface area (Å²) in [6.45, 7) is 6.45. The van der Waals surface area contributed by atoms with E-state index < -0.39 is 6.10 Å². The normalized spacial score (nSPS) is 13.8. The molecule has 0 radical (unpaired) electrons. The van der Waals surface area contributed by atoms with Gasteiger partial charge in [0, 0.05) is 22.7 Å². The van der Waals surface area contributed by atoms with Gasteiger partial charge in [-0.25, -0.2) is 0 Å². The second-order valence-corrected chi connectivity index (χ2v) is 5.26. The van der Waals surface area contributed by atoms with Crippen molar-refractivity contribution in [3.63, 3.8) is 0 Å². The molecule has 0 aliphatic heterocycles. The zero-order valence-corrected chi connectivity index (χ0v) is 10.5. The van der Waals surface area contributed by atoms with Crippen molar-refractivity contribution >= 4 is 11.6 Å².